The van der Waals surface area contributed by atoms with E-state index in [4.69, 9.17) is 46.4 Å². The largest absolute Gasteiger partial charge is 0.355 e. The highest BCUT2D eigenvalue weighted by atomic mass is 35.5. The van der Waals surface area contributed by atoms with Crippen molar-refractivity contribution in [1.29, 1.82) is 0 Å². The van der Waals surface area contributed by atoms with Crippen LogP contribution in [0, 0.1) is 0 Å². The molecule has 2 rings (SSSR count). The monoisotopic (exact) mass is 520 g/mol. The molecule has 1 N–H and O–H groups in total. The molecule has 1 atom stereocenters. The third-order valence-electron chi connectivity index (χ3n) is 4.59. The normalized spacial score (nSPS) is 11.8. The van der Waals surface area contributed by atoms with Gasteiger partial charge in [-0.3, -0.25) is 9.59 Å². The molecule has 2 aromatic carbocycles. The van der Waals surface area contributed by atoms with Crippen LogP contribution in [0.25, 0.3) is 0 Å². The standard InChI is InChI=1S/C22H24Cl4N2O2S/c1-3-20(22(30)27-4-2)28(11-14-5-7-16(23)9-18(14)25)21(29)13-31-12-15-6-8-17(24)10-19(15)26/h5-10,20H,3-4,11-13H2,1-2H3,(H,27,30)/t20-/m1/s1. The maximum atomic E-state index is 13.2. The van der Waals surface area contributed by atoms with Crippen LogP contribution < -0.4 is 5.32 Å². The van der Waals surface area contributed by atoms with E-state index in [0.29, 0.717) is 38.8 Å². The van der Waals surface area contributed by atoms with Crippen molar-refractivity contribution in [2.45, 2.75) is 38.6 Å². The first-order valence-corrected chi connectivity index (χ1v) is 12.5. The zero-order valence-electron chi connectivity index (χ0n) is 17.3. The van der Waals surface area contributed by atoms with Gasteiger partial charge in [0.2, 0.25) is 11.8 Å². The number of nitrogens with one attached hydrogen (secondary N) is 1. The highest BCUT2D eigenvalue weighted by Crippen LogP contribution is 2.26. The molecule has 2 amide bonds. The van der Waals surface area contributed by atoms with E-state index in [-0.39, 0.29) is 24.1 Å². The molecule has 0 spiro atoms. The first-order chi connectivity index (χ1) is 14.8. The number of halogens is 4. The summed E-state index contributed by atoms with van der Waals surface area (Å²) in [5.74, 6) is 0.406. The Morgan fingerprint density at radius 3 is 2.06 bits per heavy atom. The molecule has 2 aromatic rings. The van der Waals surface area contributed by atoms with Crippen LogP contribution >= 0.6 is 58.2 Å². The Balaban J connectivity index is 2.17. The van der Waals surface area contributed by atoms with Gasteiger partial charge in [-0.2, -0.15) is 0 Å². The maximum Gasteiger partial charge on any atom is 0.242 e. The number of carbonyl (C=O) groups is 2. The number of amides is 2. The smallest absolute Gasteiger partial charge is 0.242 e. The molecule has 0 saturated heterocycles. The number of benzene rings is 2. The van der Waals surface area contributed by atoms with E-state index in [9.17, 15) is 9.59 Å². The van der Waals surface area contributed by atoms with Crippen LogP contribution in [0.4, 0.5) is 0 Å². The van der Waals surface area contributed by atoms with Crippen LogP contribution in [0.3, 0.4) is 0 Å². The number of carbonyl (C=O) groups excluding carboxylic acids is 2. The molecule has 0 aliphatic heterocycles. The molecule has 9 heteroatoms. The lowest BCUT2D eigenvalue weighted by Crippen LogP contribution is -2.49. The molecule has 0 aromatic heterocycles. The highest BCUT2D eigenvalue weighted by Gasteiger charge is 2.28. The van der Waals surface area contributed by atoms with Gasteiger partial charge in [-0.15, -0.1) is 11.8 Å². The minimum absolute atomic E-state index is 0.154. The first-order valence-electron chi connectivity index (χ1n) is 9.79. The number of rotatable bonds is 10. The van der Waals surface area contributed by atoms with Gasteiger partial charge in [-0.1, -0.05) is 65.5 Å². The van der Waals surface area contributed by atoms with Crippen LogP contribution in [0.2, 0.25) is 20.1 Å². The lowest BCUT2D eigenvalue weighted by Gasteiger charge is -2.30. The van der Waals surface area contributed by atoms with E-state index in [1.54, 1.807) is 35.2 Å². The summed E-state index contributed by atoms with van der Waals surface area (Å²) in [6, 6.07) is 9.81. The van der Waals surface area contributed by atoms with E-state index in [1.807, 2.05) is 19.9 Å². The lowest BCUT2D eigenvalue weighted by molar-refractivity contribution is -0.139. The summed E-state index contributed by atoms with van der Waals surface area (Å²) in [6.07, 6.45) is 0.483. The molecule has 168 valence electrons. The van der Waals surface area contributed by atoms with Gasteiger partial charge < -0.3 is 10.2 Å². The van der Waals surface area contributed by atoms with Crippen molar-refractivity contribution in [3.8, 4) is 0 Å². The molecular formula is C22H24Cl4N2O2S. The fourth-order valence-corrected chi connectivity index (χ4v) is 4.95. The second kappa shape index (κ2) is 12.8. The van der Waals surface area contributed by atoms with Gasteiger partial charge in [0.15, 0.2) is 0 Å². The summed E-state index contributed by atoms with van der Waals surface area (Å²) < 4.78 is 0. The fourth-order valence-electron chi connectivity index (χ4n) is 3.01. The molecule has 0 aliphatic rings. The second-order valence-electron chi connectivity index (χ2n) is 6.80. The van der Waals surface area contributed by atoms with Gasteiger partial charge in [0.05, 0.1) is 5.75 Å². The van der Waals surface area contributed by atoms with Crippen molar-refractivity contribution in [3.63, 3.8) is 0 Å². The Labute approximate surface area is 207 Å². The van der Waals surface area contributed by atoms with E-state index in [1.165, 1.54) is 11.8 Å². The van der Waals surface area contributed by atoms with Crippen LogP contribution in [0.15, 0.2) is 36.4 Å². The Hall–Kier alpha value is -1.11. The number of thioether (sulfide) groups is 1. The van der Waals surface area contributed by atoms with Gasteiger partial charge in [-0.25, -0.2) is 0 Å². The predicted molar refractivity (Wildman–Crippen MR) is 132 cm³/mol. The van der Waals surface area contributed by atoms with E-state index < -0.39 is 6.04 Å². The summed E-state index contributed by atoms with van der Waals surface area (Å²) in [5.41, 5.74) is 1.62. The molecular weight excluding hydrogens is 498 g/mol. The van der Waals surface area contributed by atoms with Crippen molar-refractivity contribution < 1.29 is 9.59 Å². The van der Waals surface area contributed by atoms with Gasteiger partial charge in [0.1, 0.15) is 6.04 Å². The maximum absolute atomic E-state index is 13.2. The number of hydrogen-bond donors (Lipinski definition) is 1. The molecule has 0 heterocycles. The van der Waals surface area contributed by atoms with E-state index in [2.05, 4.69) is 5.32 Å². The Bertz CT molecular complexity index is 926. The van der Waals surface area contributed by atoms with Crippen molar-refractivity contribution in [3.05, 3.63) is 67.6 Å². The molecule has 0 saturated carbocycles. The summed E-state index contributed by atoms with van der Waals surface area (Å²) in [5, 5.41) is 4.90. The summed E-state index contributed by atoms with van der Waals surface area (Å²) >= 11 is 25.9. The SMILES string of the molecule is CCNC(=O)[C@@H](CC)N(Cc1ccc(Cl)cc1Cl)C(=O)CSCc1ccc(Cl)cc1Cl. The summed E-state index contributed by atoms with van der Waals surface area (Å²) in [7, 11) is 0. The van der Waals surface area contributed by atoms with Gasteiger partial charge in [0, 0.05) is 38.9 Å². The minimum Gasteiger partial charge on any atom is -0.355 e. The first kappa shape index (κ1) is 26.1. The van der Waals surface area contributed by atoms with Gasteiger partial charge in [-0.05, 0) is 48.7 Å². The quantitative estimate of drug-likeness (QED) is 0.389. The number of likely N-dealkylation sites (N-methyl/N-ethyl adjacent to an activating group) is 1. The zero-order valence-corrected chi connectivity index (χ0v) is 21.1. The van der Waals surface area contributed by atoms with Crippen LogP contribution in [-0.4, -0.2) is 35.1 Å². The molecule has 0 aliphatic carbocycles. The number of hydrogen-bond acceptors (Lipinski definition) is 3. The fraction of sp³-hybridized carbons (Fsp3) is 0.364. The molecule has 0 radical (unpaired) electrons. The number of nitrogens with zero attached hydrogens (tertiary/aromatic N) is 1. The molecule has 31 heavy (non-hydrogen) atoms. The minimum atomic E-state index is -0.598. The third kappa shape index (κ3) is 7.76. The summed E-state index contributed by atoms with van der Waals surface area (Å²) in [6.45, 7) is 4.43. The Kier molecular flexibility index (Phi) is 10.8. The Morgan fingerprint density at radius 1 is 0.968 bits per heavy atom. The van der Waals surface area contributed by atoms with Crippen molar-refractivity contribution in [2.24, 2.45) is 0 Å². The molecule has 0 unspecified atom stereocenters. The summed E-state index contributed by atoms with van der Waals surface area (Å²) in [4.78, 5) is 27.4. The van der Waals surface area contributed by atoms with E-state index in [0.717, 1.165) is 11.1 Å². The van der Waals surface area contributed by atoms with Crippen LogP contribution in [-0.2, 0) is 21.9 Å². The van der Waals surface area contributed by atoms with Crippen molar-refractivity contribution >= 4 is 70.0 Å². The molecule has 4 nitrogen and oxygen atoms in total. The second-order valence-corrected chi connectivity index (χ2v) is 9.48. The van der Waals surface area contributed by atoms with Crippen LogP contribution in [0.5, 0.6) is 0 Å². The average Bonchev–Trinajstić information content (AvgIpc) is 2.71. The van der Waals surface area contributed by atoms with E-state index >= 15 is 0 Å². The Morgan fingerprint density at radius 2 is 1.55 bits per heavy atom. The third-order valence-corrected chi connectivity index (χ3v) is 6.73. The zero-order chi connectivity index (χ0) is 23.0. The molecule has 0 bridgehead atoms. The van der Waals surface area contributed by atoms with Gasteiger partial charge in [0.25, 0.3) is 0 Å². The topological polar surface area (TPSA) is 49.4 Å². The lowest BCUT2D eigenvalue weighted by atomic mass is 10.1. The van der Waals surface area contributed by atoms with Crippen molar-refractivity contribution in [1.82, 2.24) is 10.2 Å². The van der Waals surface area contributed by atoms with Crippen molar-refractivity contribution in [2.75, 3.05) is 12.3 Å². The average molecular weight is 522 g/mol. The molecule has 0 fully saturated rings. The van der Waals surface area contributed by atoms with Crippen LogP contribution in [0.1, 0.15) is 31.4 Å². The highest BCUT2D eigenvalue weighted by molar-refractivity contribution is 7.99. The van der Waals surface area contributed by atoms with Gasteiger partial charge >= 0.3 is 0 Å². The predicted octanol–water partition coefficient (Wildman–Crippen LogP) is 6.48.